The Hall–Kier alpha value is -1.42. The third-order valence-electron chi connectivity index (χ3n) is 3.99. The number of aryl methyl sites for hydroxylation is 1. The van der Waals surface area contributed by atoms with Gasteiger partial charge < -0.3 is 10.2 Å². The largest absolute Gasteiger partial charge is 0.352 e. The molecule has 0 bridgehead atoms. The first-order chi connectivity index (χ1) is 10.3. The van der Waals surface area contributed by atoms with Crippen LogP contribution in [0.2, 0.25) is 0 Å². The molecule has 2 heterocycles. The van der Waals surface area contributed by atoms with Crippen LogP contribution in [0.4, 0.5) is 0 Å². The third kappa shape index (κ3) is 5.41. The van der Waals surface area contributed by atoms with Crippen LogP contribution in [0.25, 0.3) is 0 Å². The van der Waals surface area contributed by atoms with Crippen molar-refractivity contribution in [1.82, 2.24) is 15.2 Å². The maximum Gasteiger partial charge on any atom is 0.252 e. The lowest BCUT2D eigenvalue weighted by Crippen LogP contribution is -2.43. The number of nitrogens with zero attached hydrogens (tertiary/aromatic N) is 2. The average molecular weight is 303 g/mol. The molecule has 0 unspecified atom stereocenters. The first-order valence-electron chi connectivity index (χ1n) is 8.26. The Bertz CT molecular complexity index is 507. The van der Waals surface area contributed by atoms with Gasteiger partial charge in [-0.3, -0.25) is 9.78 Å². The number of nitrogens with one attached hydrogen (secondary N) is 1. The van der Waals surface area contributed by atoms with E-state index < -0.39 is 0 Å². The molecular weight excluding hydrogens is 274 g/mol. The van der Waals surface area contributed by atoms with E-state index in [1.807, 2.05) is 13.0 Å². The second-order valence-corrected chi connectivity index (χ2v) is 7.77. The number of aromatic nitrogens is 1. The minimum Gasteiger partial charge on any atom is -0.352 e. The minimum atomic E-state index is -0.0101. The average Bonchev–Trinajstić information content (AvgIpc) is 2.43. The number of amides is 1. The number of rotatable bonds is 4. The lowest BCUT2D eigenvalue weighted by Gasteiger charge is -2.36. The molecule has 0 radical (unpaired) electrons. The lowest BCUT2D eigenvalue weighted by atomic mass is 9.92. The molecule has 0 saturated carbocycles. The second kappa shape index (κ2) is 7.23. The summed E-state index contributed by atoms with van der Waals surface area (Å²) in [5, 5.41) is 3.07. The highest BCUT2D eigenvalue weighted by atomic mass is 16.1. The van der Waals surface area contributed by atoms with Crippen LogP contribution in [0.1, 0.15) is 49.5 Å². The molecule has 1 aliphatic rings. The molecule has 0 aliphatic carbocycles. The highest BCUT2D eigenvalue weighted by Gasteiger charge is 2.24. The van der Waals surface area contributed by atoms with Crippen LogP contribution >= 0.6 is 0 Å². The van der Waals surface area contributed by atoms with Gasteiger partial charge in [0.25, 0.3) is 5.91 Å². The fourth-order valence-corrected chi connectivity index (χ4v) is 3.15. The zero-order chi connectivity index (χ0) is 16.2. The zero-order valence-electron chi connectivity index (χ0n) is 14.4. The maximum atomic E-state index is 12.2. The van der Waals surface area contributed by atoms with Crippen molar-refractivity contribution < 1.29 is 4.79 Å². The summed E-state index contributed by atoms with van der Waals surface area (Å²) in [6.07, 6.45) is 5.83. The van der Waals surface area contributed by atoms with Crippen molar-refractivity contribution in [3.05, 3.63) is 29.6 Å². The number of piperidine rings is 1. The van der Waals surface area contributed by atoms with Crippen LogP contribution in [0, 0.1) is 18.3 Å². The SMILES string of the molecule is Cc1cncc(C(=O)NC[C@@H]2CCCN(CC(C)(C)C)C2)c1. The van der Waals surface area contributed by atoms with Crippen molar-refractivity contribution in [2.24, 2.45) is 11.3 Å². The normalized spacial score (nSPS) is 19.9. The Morgan fingerprint density at radius 3 is 2.86 bits per heavy atom. The molecule has 2 rings (SSSR count). The first kappa shape index (κ1) is 16.9. The molecule has 1 aromatic heterocycles. The number of carbonyl (C=O) groups is 1. The highest BCUT2D eigenvalue weighted by molar-refractivity contribution is 5.93. The van der Waals surface area contributed by atoms with E-state index in [1.54, 1.807) is 12.4 Å². The van der Waals surface area contributed by atoms with E-state index in [1.165, 1.54) is 19.4 Å². The van der Waals surface area contributed by atoms with Gasteiger partial charge in [0.15, 0.2) is 0 Å². The smallest absolute Gasteiger partial charge is 0.252 e. The third-order valence-corrected chi connectivity index (χ3v) is 3.99. The minimum absolute atomic E-state index is 0.0101. The van der Waals surface area contributed by atoms with Crippen LogP contribution in [0.15, 0.2) is 18.5 Å². The van der Waals surface area contributed by atoms with Gasteiger partial charge in [-0.1, -0.05) is 20.8 Å². The van der Waals surface area contributed by atoms with E-state index >= 15 is 0 Å². The standard InChI is InChI=1S/C18H29N3O/c1-14-8-16(11-19-9-14)17(22)20-10-15-6-5-7-21(12-15)13-18(2,3)4/h8-9,11,15H,5-7,10,12-13H2,1-4H3,(H,20,22)/t15-/m0/s1. The molecule has 1 N–H and O–H groups in total. The van der Waals surface area contributed by atoms with Gasteiger partial charge >= 0.3 is 0 Å². The molecule has 4 heteroatoms. The Kier molecular flexibility index (Phi) is 5.57. The van der Waals surface area contributed by atoms with Gasteiger partial charge in [-0.05, 0) is 49.3 Å². The van der Waals surface area contributed by atoms with E-state index in [0.29, 0.717) is 16.9 Å². The first-order valence-corrected chi connectivity index (χ1v) is 8.26. The van der Waals surface area contributed by atoms with Crippen molar-refractivity contribution in [3.63, 3.8) is 0 Å². The fourth-order valence-electron chi connectivity index (χ4n) is 3.15. The maximum absolute atomic E-state index is 12.2. The van der Waals surface area contributed by atoms with Crippen molar-refractivity contribution in [2.45, 2.75) is 40.5 Å². The van der Waals surface area contributed by atoms with Gasteiger partial charge in [-0.2, -0.15) is 0 Å². The predicted octanol–water partition coefficient (Wildman–Crippen LogP) is 2.88. The Morgan fingerprint density at radius 1 is 1.41 bits per heavy atom. The number of pyridine rings is 1. The molecule has 4 nitrogen and oxygen atoms in total. The molecule has 22 heavy (non-hydrogen) atoms. The number of carbonyl (C=O) groups excluding carboxylic acids is 1. The van der Waals surface area contributed by atoms with Crippen molar-refractivity contribution in [1.29, 1.82) is 0 Å². The van der Waals surface area contributed by atoms with E-state index in [0.717, 1.165) is 25.2 Å². The molecule has 1 amide bonds. The van der Waals surface area contributed by atoms with E-state index in [4.69, 9.17) is 0 Å². The summed E-state index contributed by atoms with van der Waals surface area (Å²) in [5.41, 5.74) is 2.00. The Labute approximate surface area is 134 Å². The molecular formula is C18H29N3O. The lowest BCUT2D eigenvalue weighted by molar-refractivity contribution is 0.0917. The summed E-state index contributed by atoms with van der Waals surface area (Å²) in [7, 11) is 0. The van der Waals surface area contributed by atoms with Crippen LogP contribution in [0.3, 0.4) is 0 Å². The monoisotopic (exact) mass is 303 g/mol. The van der Waals surface area contributed by atoms with Gasteiger partial charge in [0.05, 0.1) is 5.56 Å². The number of likely N-dealkylation sites (tertiary alicyclic amines) is 1. The zero-order valence-corrected chi connectivity index (χ0v) is 14.4. The molecule has 0 aromatic carbocycles. The molecule has 1 fully saturated rings. The summed E-state index contributed by atoms with van der Waals surface area (Å²) >= 11 is 0. The summed E-state index contributed by atoms with van der Waals surface area (Å²) in [6.45, 7) is 12.9. The summed E-state index contributed by atoms with van der Waals surface area (Å²) in [5.74, 6) is 0.543. The van der Waals surface area contributed by atoms with Gasteiger partial charge in [0, 0.05) is 32.0 Å². The van der Waals surface area contributed by atoms with Crippen LogP contribution in [-0.4, -0.2) is 42.0 Å². The van der Waals surface area contributed by atoms with Crippen LogP contribution in [-0.2, 0) is 0 Å². The molecule has 1 saturated heterocycles. The van der Waals surface area contributed by atoms with Gasteiger partial charge in [-0.15, -0.1) is 0 Å². The predicted molar refractivity (Wildman–Crippen MR) is 89.9 cm³/mol. The fraction of sp³-hybridized carbons (Fsp3) is 0.667. The summed E-state index contributed by atoms with van der Waals surface area (Å²) in [4.78, 5) is 18.8. The van der Waals surface area contributed by atoms with E-state index in [2.05, 4.69) is 36.0 Å². The van der Waals surface area contributed by atoms with Gasteiger partial charge in [-0.25, -0.2) is 0 Å². The second-order valence-electron chi connectivity index (χ2n) is 7.77. The topological polar surface area (TPSA) is 45.2 Å². The molecule has 0 spiro atoms. The van der Waals surface area contributed by atoms with Gasteiger partial charge in [0.2, 0.25) is 0 Å². The van der Waals surface area contributed by atoms with Crippen molar-refractivity contribution >= 4 is 5.91 Å². The van der Waals surface area contributed by atoms with Crippen molar-refractivity contribution in [2.75, 3.05) is 26.2 Å². The van der Waals surface area contributed by atoms with Crippen LogP contribution in [0.5, 0.6) is 0 Å². The van der Waals surface area contributed by atoms with Crippen LogP contribution < -0.4 is 5.32 Å². The van der Waals surface area contributed by atoms with Gasteiger partial charge in [0.1, 0.15) is 0 Å². The summed E-state index contributed by atoms with van der Waals surface area (Å²) in [6, 6.07) is 1.88. The number of hydrogen-bond acceptors (Lipinski definition) is 3. The Balaban J connectivity index is 1.82. The highest BCUT2D eigenvalue weighted by Crippen LogP contribution is 2.21. The molecule has 1 aliphatic heterocycles. The molecule has 1 atom stereocenters. The molecule has 1 aromatic rings. The number of hydrogen-bond donors (Lipinski definition) is 1. The molecule has 122 valence electrons. The summed E-state index contributed by atoms with van der Waals surface area (Å²) < 4.78 is 0. The quantitative estimate of drug-likeness (QED) is 0.930. The van der Waals surface area contributed by atoms with Crippen molar-refractivity contribution in [3.8, 4) is 0 Å². The van der Waals surface area contributed by atoms with E-state index in [-0.39, 0.29) is 5.91 Å². The van der Waals surface area contributed by atoms with E-state index in [9.17, 15) is 4.79 Å². The Morgan fingerprint density at radius 2 is 2.18 bits per heavy atom.